The Kier molecular flexibility index (Phi) is 5.40. The van der Waals surface area contributed by atoms with Crippen LogP contribution in [0.15, 0.2) is 0 Å². The number of rotatable bonds is 4. The normalized spacial score (nSPS) is 23.2. The largest absolute Gasteiger partial charge is 0.299 e. The van der Waals surface area contributed by atoms with Gasteiger partial charge in [-0.05, 0) is 39.7 Å². The van der Waals surface area contributed by atoms with E-state index in [4.69, 9.17) is 5.84 Å². The predicted octanol–water partition coefficient (Wildman–Crippen LogP) is 1.66. The molecule has 1 saturated heterocycles. The minimum absolute atomic E-state index is 0.0726. The Morgan fingerprint density at radius 1 is 1.41 bits per heavy atom. The topological polar surface area (TPSA) is 58.4 Å². The van der Waals surface area contributed by atoms with Crippen LogP contribution in [-0.4, -0.2) is 29.9 Å². The summed E-state index contributed by atoms with van der Waals surface area (Å²) in [6, 6.07) is 0.627. The van der Waals surface area contributed by atoms with Crippen LogP contribution in [0.25, 0.3) is 0 Å². The molecule has 0 spiro atoms. The summed E-state index contributed by atoms with van der Waals surface area (Å²) in [5.74, 6) is 5.17. The first kappa shape index (κ1) is 14.5. The number of nitrogens with one attached hydrogen (secondary N) is 1. The van der Waals surface area contributed by atoms with Gasteiger partial charge in [0.15, 0.2) is 0 Å². The Balaban J connectivity index is 2.65. The predicted molar refractivity (Wildman–Crippen MR) is 70.2 cm³/mol. The summed E-state index contributed by atoms with van der Waals surface area (Å²) < 4.78 is 0. The molecule has 17 heavy (non-hydrogen) atoms. The van der Waals surface area contributed by atoms with Gasteiger partial charge in [-0.1, -0.05) is 19.8 Å². The van der Waals surface area contributed by atoms with Crippen LogP contribution in [0.4, 0.5) is 0 Å². The van der Waals surface area contributed by atoms with E-state index in [2.05, 4.69) is 17.2 Å². The van der Waals surface area contributed by atoms with E-state index >= 15 is 0 Å². The Bertz CT molecular complexity index is 253. The number of amides is 1. The molecule has 0 radical (unpaired) electrons. The van der Waals surface area contributed by atoms with Crippen LogP contribution >= 0.6 is 0 Å². The van der Waals surface area contributed by atoms with E-state index in [9.17, 15) is 4.79 Å². The number of hydrazine groups is 1. The van der Waals surface area contributed by atoms with Crippen molar-refractivity contribution in [2.24, 2.45) is 11.3 Å². The molecule has 0 saturated carbocycles. The van der Waals surface area contributed by atoms with Crippen LogP contribution in [0, 0.1) is 5.41 Å². The van der Waals surface area contributed by atoms with Gasteiger partial charge in [-0.2, -0.15) is 0 Å². The van der Waals surface area contributed by atoms with E-state index in [0.717, 1.165) is 13.1 Å². The van der Waals surface area contributed by atoms with Crippen molar-refractivity contribution >= 4 is 5.91 Å². The highest BCUT2D eigenvalue weighted by Gasteiger charge is 2.32. The zero-order valence-electron chi connectivity index (χ0n) is 11.5. The third-order valence-electron chi connectivity index (χ3n) is 3.81. The lowest BCUT2D eigenvalue weighted by atomic mass is 9.90. The number of likely N-dealkylation sites (tertiary alicyclic amines) is 1. The summed E-state index contributed by atoms with van der Waals surface area (Å²) in [4.78, 5) is 14.2. The maximum absolute atomic E-state index is 11.7. The third kappa shape index (κ3) is 3.96. The minimum Gasteiger partial charge on any atom is -0.299 e. The Hall–Kier alpha value is -0.610. The molecule has 1 atom stereocenters. The quantitative estimate of drug-likeness (QED) is 0.447. The summed E-state index contributed by atoms with van der Waals surface area (Å²) in [6.07, 6.45) is 6.31. The maximum Gasteiger partial charge on any atom is 0.240 e. The van der Waals surface area contributed by atoms with E-state index in [1.165, 1.54) is 32.1 Å². The van der Waals surface area contributed by atoms with E-state index in [-0.39, 0.29) is 5.91 Å². The van der Waals surface area contributed by atoms with Gasteiger partial charge in [0.25, 0.3) is 0 Å². The molecule has 0 aliphatic carbocycles. The molecule has 1 fully saturated rings. The van der Waals surface area contributed by atoms with Crippen LogP contribution < -0.4 is 11.3 Å². The molecule has 0 aromatic heterocycles. The van der Waals surface area contributed by atoms with Crippen molar-refractivity contribution in [2.45, 2.75) is 58.9 Å². The van der Waals surface area contributed by atoms with Gasteiger partial charge in [-0.25, -0.2) is 5.84 Å². The molecular formula is C13H27N3O. The number of carbonyl (C=O) groups is 1. The van der Waals surface area contributed by atoms with Crippen LogP contribution in [0.1, 0.15) is 52.9 Å². The highest BCUT2D eigenvalue weighted by Crippen LogP contribution is 2.24. The molecule has 1 heterocycles. The Labute approximate surface area is 105 Å². The number of hydrogen-bond acceptors (Lipinski definition) is 3. The first-order valence-corrected chi connectivity index (χ1v) is 6.76. The third-order valence-corrected chi connectivity index (χ3v) is 3.81. The van der Waals surface area contributed by atoms with Crippen molar-refractivity contribution in [2.75, 3.05) is 13.1 Å². The summed E-state index contributed by atoms with van der Waals surface area (Å²) in [7, 11) is 0. The number of nitrogens with zero attached hydrogens (tertiary/aromatic N) is 1. The molecule has 1 unspecified atom stereocenters. The zero-order valence-corrected chi connectivity index (χ0v) is 11.5. The molecule has 0 aromatic rings. The van der Waals surface area contributed by atoms with E-state index < -0.39 is 5.41 Å². The molecule has 1 amide bonds. The van der Waals surface area contributed by atoms with E-state index in [1.807, 2.05) is 13.8 Å². The summed E-state index contributed by atoms with van der Waals surface area (Å²) in [5, 5.41) is 0. The monoisotopic (exact) mass is 241 g/mol. The molecule has 1 aliphatic heterocycles. The first-order valence-electron chi connectivity index (χ1n) is 6.76. The van der Waals surface area contributed by atoms with E-state index in [0.29, 0.717) is 6.04 Å². The number of carbonyl (C=O) groups excluding carboxylic acids is 1. The maximum atomic E-state index is 11.7. The van der Waals surface area contributed by atoms with Crippen LogP contribution in [0.5, 0.6) is 0 Å². The molecule has 1 aliphatic rings. The Morgan fingerprint density at radius 2 is 2.12 bits per heavy atom. The van der Waals surface area contributed by atoms with E-state index in [1.54, 1.807) is 0 Å². The van der Waals surface area contributed by atoms with Crippen LogP contribution in [0.2, 0.25) is 0 Å². The second-order valence-corrected chi connectivity index (χ2v) is 5.74. The molecule has 3 N–H and O–H groups in total. The fourth-order valence-electron chi connectivity index (χ4n) is 2.68. The summed E-state index contributed by atoms with van der Waals surface area (Å²) in [6.45, 7) is 8.08. The van der Waals surface area contributed by atoms with Crippen molar-refractivity contribution in [3.05, 3.63) is 0 Å². The average Bonchev–Trinajstić information content (AvgIpc) is 2.52. The molecular weight excluding hydrogens is 214 g/mol. The minimum atomic E-state index is -0.410. The fourth-order valence-corrected chi connectivity index (χ4v) is 2.68. The van der Waals surface area contributed by atoms with Crippen LogP contribution in [0.3, 0.4) is 0 Å². The fraction of sp³-hybridized carbons (Fsp3) is 0.923. The lowest BCUT2D eigenvalue weighted by Gasteiger charge is -2.35. The second kappa shape index (κ2) is 6.36. The highest BCUT2D eigenvalue weighted by molar-refractivity contribution is 5.81. The lowest BCUT2D eigenvalue weighted by Crippen LogP contribution is -2.49. The molecule has 4 nitrogen and oxygen atoms in total. The molecule has 4 heteroatoms. The lowest BCUT2D eigenvalue weighted by molar-refractivity contribution is -0.130. The number of hydrogen-bond donors (Lipinski definition) is 2. The second-order valence-electron chi connectivity index (χ2n) is 5.74. The van der Waals surface area contributed by atoms with Crippen molar-refractivity contribution in [1.82, 2.24) is 10.3 Å². The van der Waals surface area contributed by atoms with Crippen LogP contribution in [-0.2, 0) is 4.79 Å². The van der Waals surface area contributed by atoms with Crippen molar-refractivity contribution < 1.29 is 4.79 Å². The SMILES string of the molecule is CCC1CCCCCN1CC(C)(C)C(=O)NN. The van der Waals surface area contributed by atoms with Gasteiger partial charge in [-0.3, -0.25) is 15.1 Å². The number of nitrogens with two attached hydrogens (primary N) is 1. The highest BCUT2D eigenvalue weighted by atomic mass is 16.2. The van der Waals surface area contributed by atoms with Gasteiger partial charge in [0.1, 0.15) is 0 Å². The van der Waals surface area contributed by atoms with Gasteiger partial charge in [0.05, 0.1) is 5.41 Å². The van der Waals surface area contributed by atoms with Crippen molar-refractivity contribution in [3.8, 4) is 0 Å². The van der Waals surface area contributed by atoms with Gasteiger partial charge >= 0.3 is 0 Å². The van der Waals surface area contributed by atoms with Gasteiger partial charge in [0.2, 0.25) is 5.91 Å². The summed E-state index contributed by atoms with van der Waals surface area (Å²) in [5.41, 5.74) is 1.87. The van der Waals surface area contributed by atoms with Gasteiger partial charge in [0, 0.05) is 12.6 Å². The average molecular weight is 241 g/mol. The van der Waals surface area contributed by atoms with Gasteiger partial charge < -0.3 is 0 Å². The first-order chi connectivity index (χ1) is 8.01. The van der Waals surface area contributed by atoms with Crippen molar-refractivity contribution in [1.29, 1.82) is 0 Å². The van der Waals surface area contributed by atoms with Crippen molar-refractivity contribution in [3.63, 3.8) is 0 Å². The smallest absolute Gasteiger partial charge is 0.240 e. The molecule has 100 valence electrons. The zero-order chi connectivity index (χ0) is 12.9. The Morgan fingerprint density at radius 3 is 2.71 bits per heavy atom. The molecule has 0 aromatic carbocycles. The van der Waals surface area contributed by atoms with Gasteiger partial charge in [-0.15, -0.1) is 0 Å². The summed E-state index contributed by atoms with van der Waals surface area (Å²) >= 11 is 0. The molecule has 1 rings (SSSR count). The molecule has 0 bridgehead atoms. The standard InChI is InChI=1S/C13H27N3O/c1-4-11-8-6-5-7-9-16(11)10-13(2,3)12(17)15-14/h11H,4-10,14H2,1-3H3,(H,15,17).